The molecule has 28 heavy (non-hydrogen) atoms. The van der Waals surface area contributed by atoms with Crippen molar-refractivity contribution in [2.75, 3.05) is 25.0 Å². The van der Waals surface area contributed by atoms with Crippen molar-refractivity contribution in [1.82, 2.24) is 10.6 Å². The molecular formula is C20H28N4O4. The Balaban J connectivity index is 1.63. The van der Waals surface area contributed by atoms with E-state index in [0.29, 0.717) is 24.3 Å². The third-order valence-corrected chi connectivity index (χ3v) is 5.82. The molecule has 1 heterocycles. The van der Waals surface area contributed by atoms with E-state index in [1.54, 1.807) is 6.07 Å². The van der Waals surface area contributed by atoms with Gasteiger partial charge >= 0.3 is 0 Å². The first kappa shape index (κ1) is 20.1. The van der Waals surface area contributed by atoms with Crippen LogP contribution in [0.15, 0.2) is 18.2 Å². The molecule has 1 saturated heterocycles. The standard InChI is InChI=1S/C20H28N4O4/c1-21-20(26)17-13-16(24(27)28)7-8-18(17)23-11-9-15(10-12-23)22-19(25)14-5-3-2-4-6-14/h7-8,13-15H,2-6,9-12H2,1H3,(H,21,26)(H,22,25). The Bertz CT molecular complexity index is 738. The van der Waals surface area contributed by atoms with E-state index in [1.165, 1.54) is 25.6 Å². The number of nitrogens with zero attached hydrogens (tertiary/aromatic N) is 2. The molecule has 1 aromatic carbocycles. The van der Waals surface area contributed by atoms with Gasteiger partial charge in [-0.3, -0.25) is 19.7 Å². The van der Waals surface area contributed by atoms with Gasteiger partial charge in [0.05, 0.1) is 16.2 Å². The van der Waals surface area contributed by atoms with Crippen LogP contribution in [-0.2, 0) is 4.79 Å². The fourth-order valence-corrected chi connectivity index (χ4v) is 4.18. The van der Waals surface area contributed by atoms with Crippen molar-refractivity contribution in [1.29, 1.82) is 0 Å². The maximum Gasteiger partial charge on any atom is 0.270 e. The molecule has 0 unspecified atom stereocenters. The highest BCUT2D eigenvalue weighted by atomic mass is 16.6. The number of hydrogen-bond acceptors (Lipinski definition) is 5. The zero-order chi connectivity index (χ0) is 20.1. The number of non-ortho nitro benzene ring substituents is 1. The van der Waals surface area contributed by atoms with Crippen LogP contribution in [0.1, 0.15) is 55.3 Å². The van der Waals surface area contributed by atoms with Gasteiger partial charge in [0.25, 0.3) is 11.6 Å². The third kappa shape index (κ3) is 4.61. The summed E-state index contributed by atoms with van der Waals surface area (Å²) in [5.74, 6) is -0.00716. The van der Waals surface area contributed by atoms with Crippen LogP contribution < -0.4 is 15.5 Å². The molecule has 2 fully saturated rings. The van der Waals surface area contributed by atoms with Crippen molar-refractivity contribution in [2.24, 2.45) is 5.92 Å². The van der Waals surface area contributed by atoms with Crippen LogP contribution in [0.4, 0.5) is 11.4 Å². The van der Waals surface area contributed by atoms with Crippen molar-refractivity contribution in [3.8, 4) is 0 Å². The summed E-state index contributed by atoms with van der Waals surface area (Å²) in [5, 5.41) is 16.8. The van der Waals surface area contributed by atoms with Gasteiger partial charge in [0.2, 0.25) is 5.91 Å². The lowest BCUT2D eigenvalue weighted by Gasteiger charge is -2.35. The van der Waals surface area contributed by atoms with E-state index in [1.807, 2.05) is 0 Å². The lowest BCUT2D eigenvalue weighted by Crippen LogP contribution is -2.47. The van der Waals surface area contributed by atoms with Crippen LogP contribution in [0.2, 0.25) is 0 Å². The number of benzene rings is 1. The van der Waals surface area contributed by atoms with Crippen LogP contribution in [0.3, 0.4) is 0 Å². The van der Waals surface area contributed by atoms with Crippen molar-refractivity contribution < 1.29 is 14.5 Å². The monoisotopic (exact) mass is 388 g/mol. The highest BCUT2D eigenvalue weighted by Gasteiger charge is 2.27. The molecular weight excluding hydrogens is 360 g/mol. The number of rotatable bonds is 5. The molecule has 8 nitrogen and oxygen atoms in total. The number of nitro benzene ring substituents is 1. The summed E-state index contributed by atoms with van der Waals surface area (Å²) < 4.78 is 0. The molecule has 1 aliphatic carbocycles. The Morgan fingerprint density at radius 3 is 2.39 bits per heavy atom. The highest BCUT2D eigenvalue weighted by molar-refractivity contribution is 6.00. The fraction of sp³-hybridized carbons (Fsp3) is 0.600. The van der Waals surface area contributed by atoms with E-state index in [9.17, 15) is 19.7 Å². The first-order valence-corrected chi connectivity index (χ1v) is 10.1. The van der Waals surface area contributed by atoms with Crippen LogP contribution in [0, 0.1) is 16.0 Å². The number of amides is 2. The Labute approximate surface area is 164 Å². The summed E-state index contributed by atoms with van der Waals surface area (Å²) in [4.78, 5) is 37.3. The molecule has 3 rings (SSSR count). The van der Waals surface area contributed by atoms with Gasteiger partial charge in [0.15, 0.2) is 0 Å². The minimum Gasteiger partial charge on any atom is -0.371 e. The molecule has 2 N–H and O–H groups in total. The van der Waals surface area contributed by atoms with E-state index >= 15 is 0 Å². The van der Waals surface area contributed by atoms with Gasteiger partial charge in [-0.25, -0.2) is 0 Å². The summed E-state index contributed by atoms with van der Waals surface area (Å²) in [5.41, 5.74) is 0.903. The van der Waals surface area contributed by atoms with Crippen molar-refractivity contribution in [2.45, 2.75) is 51.0 Å². The SMILES string of the molecule is CNC(=O)c1cc([N+](=O)[O-])ccc1N1CCC(NC(=O)C2CCCCC2)CC1. The van der Waals surface area contributed by atoms with E-state index in [2.05, 4.69) is 15.5 Å². The Morgan fingerprint density at radius 1 is 1.11 bits per heavy atom. The number of carbonyl (C=O) groups excluding carboxylic acids is 2. The number of hydrogen-bond donors (Lipinski definition) is 2. The second-order valence-electron chi connectivity index (χ2n) is 7.64. The summed E-state index contributed by atoms with van der Waals surface area (Å²) in [7, 11) is 1.51. The molecule has 1 aromatic rings. The van der Waals surface area contributed by atoms with Gasteiger partial charge in [0, 0.05) is 44.2 Å². The van der Waals surface area contributed by atoms with Crippen LogP contribution in [0.25, 0.3) is 0 Å². The maximum absolute atomic E-state index is 12.5. The molecule has 0 bridgehead atoms. The largest absolute Gasteiger partial charge is 0.371 e. The minimum absolute atomic E-state index is 0.100. The average Bonchev–Trinajstić information content (AvgIpc) is 2.74. The third-order valence-electron chi connectivity index (χ3n) is 5.82. The first-order valence-electron chi connectivity index (χ1n) is 10.1. The zero-order valence-electron chi connectivity index (χ0n) is 16.3. The lowest BCUT2D eigenvalue weighted by atomic mass is 9.88. The van der Waals surface area contributed by atoms with Gasteiger partial charge in [-0.05, 0) is 31.7 Å². The van der Waals surface area contributed by atoms with Crippen molar-refractivity contribution in [3.63, 3.8) is 0 Å². The molecule has 0 atom stereocenters. The summed E-state index contributed by atoms with van der Waals surface area (Å²) in [6.07, 6.45) is 7.07. The molecule has 1 saturated carbocycles. The van der Waals surface area contributed by atoms with Crippen LogP contribution in [0.5, 0.6) is 0 Å². The lowest BCUT2D eigenvalue weighted by molar-refractivity contribution is -0.384. The van der Waals surface area contributed by atoms with Crippen molar-refractivity contribution >= 4 is 23.2 Å². The smallest absolute Gasteiger partial charge is 0.270 e. The van der Waals surface area contributed by atoms with E-state index in [0.717, 1.165) is 38.5 Å². The number of carbonyl (C=O) groups is 2. The molecule has 0 spiro atoms. The van der Waals surface area contributed by atoms with Crippen LogP contribution in [-0.4, -0.2) is 42.9 Å². The van der Waals surface area contributed by atoms with Gasteiger partial charge < -0.3 is 15.5 Å². The summed E-state index contributed by atoms with van der Waals surface area (Å²) >= 11 is 0. The normalized spacial score (nSPS) is 18.5. The quantitative estimate of drug-likeness (QED) is 0.596. The molecule has 152 valence electrons. The van der Waals surface area contributed by atoms with Gasteiger partial charge in [-0.1, -0.05) is 19.3 Å². The summed E-state index contributed by atoms with van der Waals surface area (Å²) in [6.45, 7) is 1.38. The number of anilines is 1. The first-order chi connectivity index (χ1) is 13.5. The molecule has 2 amide bonds. The average molecular weight is 388 g/mol. The van der Waals surface area contributed by atoms with Gasteiger partial charge in [-0.2, -0.15) is 0 Å². The van der Waals surface area contributed by atoms with Gasteiger partial charge in [0.1, 0.15) is 0 Å². The maximum atomic E-state index is 12.5. The van der Waals surface area contributed by atoms with Crippen molar-refractivity contribution in [3.05, 3.63) is 33.9 Å². The van der Waals surface area contributed by atoms with Crippen LogP contribution >= 0.6 is 0 Å². The Kier molecular flexibility index (Phi) is 6.49. The predicted octanol–water partition coefficient (Wildman–Crippen LogP) is 2.62. The fourth-order valence-electron chi connectivity index (χ4n) is 4.18. The van der Waals surface area contributed by atoms with E-state index in [4.69, 9.17) is 0 Å². The molecule has 8 heteroatoms. The Hall–Kier alpha value is -2.64. The molecule has 0 radical (unpaired) electrons. The predicted molar refractivity (Wildman–Crippen MR) is 106 cm³/mol. The molecule has 1 aliphatic heterocycles. The number of nitrogens with one attached hydrogen (secondary N) is 2. The topological polar surface area (TPSA) is 105 Å². The van der Waals surface area contributed by atoms with E-state index in [-0.39, 0.29) is 29.5 Å². The minimum atomic E-state index is -0.497. The second kappa shape index (κ2) is 9.03. The Morgan fingerprint density at radius 2 is 1.79 bits per heavy atom. The second-order valence-corrected chi connectivity index (χ2v) is 7.64. The highest BCUT2D eigenvalue weighted by Crippen LogP contribution is 2.29. The molecule has 2 aliphatic rings. The van der Waals surface area contributed by atoms with Gasteiger partial charge in [-0.15, -0.1) is 0 Å². The zero-order valence-corrected chi connectivity index (χ0v) is 16.3. The summed E-state index contributed by atoms with van der Waals surface area (Å²) in [6, 6.07) is 4.54. The number of nitro groups is 1. The van der Waals surface area contributed by atoms with E-state index < -0.39 is 4.92 Å². The molecule has 0 aromatic heterocycles. The number of piperidine rings is 1.